The Bertz CT molecular complexity index is 666. The van der Waals surface area contributed by atoms with E-state index in [0.717, 1.165) is 12.8 Å². The third-order valence-corrected chi connectivity index (χ3v) is 5.20. The number of ether oxygens (including phenoxy) is 1. The van der Waals surface area contributed by atoms with Crippen LogP contribution in [0, 0.1) is 6.92 Å². The quantitative estimate of drug-likeness (QED) is 0.719. The van der Waals surface area contributed by atoms with Crippen LogP contribution in [0.1, 0.15) is 32.4 Å². The molecule has 10 heteroatoms. The molecule has 0 saturated carbocycles. The highest BCUT2D eigenvalue weighted by Crippen LogP contribution is 2.17. The van der Waals surface area contributed by atoms with E-state index < -0.39 is 11.3 Å². The number of nitrogens with zero attached hydrogens (tertiary/aromatic N) is 2. The Morgan fingerprint density at radius 3 is 2.93 bits per heavy atom. The monoisotopic (exact) mass is 398 g/mol. The minimum absolute atomic E-state index is 0.0488. The largest absolute Gasteiger partial charge is 0.450 e. The van der Waals surface area contributed by atoms with Crippen molar-refractivity contribution in [1.82, 2.24) is 15.4 Å². The molecule has 2 rings (SSSR count). The Morgan fingerprint density at radius 2 is 2.26 bits per heavy atom. The smallest absolute Gasteiger partial charge is 0.407 e. The Kier molecular flexibility index (Phi) is 7.96. The SMILES string of the molecule is CCOC(=O)NC1CCCN(C(=O)CSC(C)C(=O)Nc2cc(C)on2)C1. The van der Waals surface area contributed by atoms with Gasteiger partial charge in [-0.15, -0.1) is 11.8 Å². The number of carbonyl (C=O) groups is 3. The molecule has 2 atom stereocenters. The lowest BCUT2D eigenvalue weighted by atomic mass is 10.1. The van der Waals surface area contributed by atoms with Crippen LogP contribution in [0.5, 0.6) is 0 Å². The summed E-state index contributed by atoms with van der Waals surface area (Å²) in [6, 6.07) is 1.52. The van der Waals surface area contributed by atoms with E-state index in [4.69, 9.17) is 9.26 Å². The molecule has 9 nitrogen and oxygen atoms in total. The third kappa shape index (κ3) is 6.78. The number of aromatic nitrogens is 1. The lowest BCUT2D eigenvalue weighted by Crippen LogP contribution is -2.50. The first-order chi connectivity index (χ1) is 12.9. The number of nitrogens with one attached hydrogen (secondary N) is 2. The van der Waals surface area contributed by atoms with E-state index >= 15 is 0 Å². The van der Waals surface area contributed by atoms with Crippen molar-refractivity contribution >= 4 is 35.5 Å². The number of hydrogen-bond donors (Lipinski definition) is 2. The number of rotatable bonds is 7. The van der Waals surface area contributed by atoms with Gasteiger partial charge < -0.3 is 24.8 Å². The highest BCUT2D eigenvalue weighted by molar-refractivity contribution is 8.01. The van der Waals surface area contributed by atoms with Gasteiger partial charge in [0.15, 0.2) is 5.82 Å². The van der Waals surface area contributed by atoms with Gasteiger partial charge >= 0.3 is 6.09 Å². The van der Waals surface area contributed by atoms with Gasteiger partial charge in [-0.05, 0) is 33.6 Å². The van der Waals surface area contributed by atoms with E-state index in [1.54, 1.807) is 31.7 Å². The molecule has 27 heavy (non-hydrogen) atoms. The number of carbonyl (C=O) groups excluding carboxylic acids is 3. The van der Waals surface area contributed by atoms with Crippen LogP contribution < -0.4 is 10.6 Å². The van der Waals surface area contributed by atoms with Gasteiger partial charge in [0.1, 0.15) is 5.76 Å². The summed E-state index contributed by atoms with van der Waals surface area (Å²) < 4.78 is 9.79. The topological polar surface area (TPSA) is 114 Å². The molecule has 3 amide bonds. The molecule has 1 aliphatic heterocycles. The van der Waals surface area contributed by atoms with Crippen molar-refractivity contribution in [3.05, 3.63) is 11.8 Å². The zero-order valence-corrected chi connectivity index (χ0v) is 16.6. The molecule has 0 aliphatic carbocycles. The summed E-state index contributed by atoms with van der Waals surface area (Å²) in [5, 5.41) is 8.73. The molecule has 150 valence electrons. The van der Waals surface area contributed by atoms with E-state index in [1.807, 2.05) is 0 Å². The van der Waals surface area contributed by atoms with E-state index in [2.05, 4.69) is 15.8 Å². The second-order valence-corrected chi connectivity index (χ2v) is 7.64. The van der Waals surface area contributed by atoms with Crippen molar-refractivity contribution in [2.24, 2.45) is 0 Å². The summed E-state index contributed by atoms with van der Waals surface area (Å²) in [6.45, 7) is 6.64. The molecule has 2 heterocycles. The molecule has 1 saturated heterocycles. The maximum atomic E-state index is 12.4. The normalized spacial score (nSPS) is 17.9. The first-order valence-electron chi connectivity index (χ1n) is 8.96. The molecule has 1 fully saturated rings. The second-order valence-electron chi connectivity index (χ2n) is 6.31. The van der Waals surface area contributed by atoms with Crippen LogP contribution in [0.3, 0.4) is 0 Å². The van der Waals surface area contributed by atoms with E-state index in [0.29, 0.717) is 31.3 Å². The zero-order chi connectivity index (χ0) is 19.8. The third-order valence-electron chi connectivity index (χ3n) is 4.08. The predicted octanol–water partition coefficient (Wildman–Crippen LogP) is 1.78. The molecule has 0 bridgehead atoms. The number of anilines is 1. The summed E-state index contributed by atoms with van der Waals surface area (Å²) in [6.07, 6.45) is 1.17. The summed E-state index contributed by atoms with van der Waals surface area (Å²) in [7, 11) is 0. The molecule has 1 aliphatic rings. The van der Waals surface area contributed by atoms with Gasteiger partial charge in [0, 0.05) is 25.2 Å². The Morgan fingerprint density at radius 1 is 1.48 bits per heavy atom. The molecular formula is C17H26N4O5S. The number of alkyl carbamates (subject to hydrolysis) is 1. The van der Waals surface area contributed by atoms with Gasteiger partial charge in [0.2, 0.25) is 11.8 Å². The van der Waals surface area contributed by atoms with Crippen LogP contribution in [-0.4, -0.2) is 64.7 Å². The van der Waals surface area contributed by atoms with Crippen molar-refractivity contribution in [3.8, 4) is 0 Å². The average Bonchev–Trinajstić information content (AvgIpc) is 3.04. The maximum Gasteiger partial charge on any atom is 0.407 e. The van der Waals surface area contributed by atoms with Gasteiger partial charge in [-0.25, -0.2) is 4.79 Å². The molecule has 0 radical (unpaired) electrons. The van der Waals surface area contributed by atoms with Crippen molar-refractivity contribution in [3.63, 3.8) is 0 Å². The van der Waals surface area contributed by atoms with Crippen LogP contribution in [0.25, 0.3) is 0 Å². The molecular weight excluding hydrogens is 372 g/mol. The van der Waals surface area contributed by atoms with E-state index in [-0.39, 0.29) is 23.6 Å². The van der Waals surface area contributed by atoms with Crippen molar-refractivity contribution in [1.29, 1.82) is 0 Å². The van der Waals surface area contributed by atoms with Crippen LogP contribution in [0.2, 0.25) is 0 Å². The van der Waals surface area contributed by atoms with E-state index in [1.165, 1.54) is 11.8 Å². The molecule has 2 unspecified atom stereocenters. The molecule has 2 N–H and O–H groups in total. The average molecular weight is 398 g/mol. The minimum atomic E-state index is -0.459. The van der Waals surface area contributed by atoms with Crippen molar-refractivity contribution in [2.45, 2.75) is 44.9 Å². The maximum absolute atomic E-state index is 12.4. The minimum Gasteiger partial charge on any atom is -0.450 e. The molecule has 0 aromatic carbocycles. The van der Waals surface area contributed by atoms with Gasteiger partial charge in [-0.2, -0.15) is 0 Å². The summed E-state index contributed by atoms with van der Waals surface area (Å²) in [4.78, 5) is 37.8. The second kappa shape index (κ2) is 10.2. The van der Waals surface area contributed by atoms with Crippen LogP contribution in [-0.2, 0) is 14.3 Å². The number of amides is 3. The first kappa shape index (κ1) is 21.1. The fraction of sp³-hybridized carbons (Fsp3) is 0.647. The summed E-state index contributed by atoms with van der Waals surface area (Å²) in [5.41, 5.74) is 0. The highest BCUT2D eigenvalue weighted by Gasteiger charge is 2.26. The van der Waals surface area contributed by atoms with Gasteiger partial charge in [-0.1, -0.05) is 5.16 Å². The van der Waals surface area contributed by atoms with Crippen LogP contribution >= 0.6 is 11.8 Å². The zero-order valence-electron chi connectivity index (χ0n) is 15.8. The van der Waals surface area contributed by atoms with Gasteiger partial charge in [-0.3, -0.25) is 9.59 Å². The number of thioether (sulfide) groups is 1. The molecule has 1 aromatic heterocycles. The lowest BCUT2D eigenvalue weighted by Gasteiger charge is -2.33. The van der Waals surface area contributed by atoms with Crippen molar-refractivity contribution < 1.29 is 23.6 Å². The van der Waals surface area contributed by atoms with Gasteiger partial charge in [0.05, 0.1) is 17.6 Å². The summed E-state index contributed by atoms with van der Waals surface area (Å²) in [5.74, 6) is 0.879. The molecule has 0 spiro atoms. The van der Waals surface area contributed by atoms with Crippen LogP contribution in [0.15, 0.2) is 10.6 Å². The molecule has 1 aromatic rings. The number of piperidine rings is 1. The Balaban J connectivity index is 1.75. The van der Waals surface area contributed by atoms with Crippen LogP contribution in [0.4, 0.5) is 10.6 Å². The number of hydrogen-bond acceptors (Lipinski definition) is 7. The fourth-order valence-electron chi connectivity index (χ4n) is 2.68. The number of likely N-dealkylation sites (tertiary alicyclic amines) is 1. The number of aryl methyl sites for hydroxylation is 1. The van der Waals surface area contributed by atoms with E-state index in [9.17, 15) is 14.4 Å². The Labute approximate surface area is 162 Å². The standard InChI is InChI=1S/C17H26N4O5S/c1-4-25-17(24)18-13-6-5-7-21(9-13)15(22)10-27-12(3)16(23)19-14-8-11(2)26-20-14/h8,12-13H,4-7,9-10H2,1-3H3,(H,18,24)(H,19,20,23). The predicted molar refractivity (Wildman–Crippen MR) is 102 cm³/mol. The Hall–Kier alpha value is -2.23. The summed E-state index contributed by atoms with van der Waals surface area (Å²) >= 11 is 1.26. The highest BCUT2D eigenvalue weighted by atomic mass is 32.2. The van der Waals surface area contributed by atoms with Gasteiger partial charge in [0.25, 0.3) is 0 Å². The van der Waals surface area contributed by atoms with Crippen molar-refractivity contribution in [2.75, 3.05) is 30.8 Å². The lowest BCUT2D eigenvalue weighted by molar-refractivity contribution is -0.129. The first-order valence-corrected chi connectivity index (χ1v) is 10.0. The fourth-order valence-corrected chi connectivity index (χ4v) is 3.46.